The molecule has 3 nitrogen and oxygen atoms in total. The van der Waals surface area contributed by atoms with Crippen LogP contribution in [0.4, 0.5) is 4.39 Å². The van der Waals surface area contributed by atoms with Crippen LogP contribution in [0, 0.1) is 5.82 Å². The average molecular weight is 258 g/mol. The first-order chi connectivity index (χ1) is 8.27. The molecule has 1 atom stereocenters. The first-order valence-corrected chi connectivity index (χ1v) is 6.16. The van der Waals surface area contributed by atoms with Gasteiger partial charge >= 0.3 is 0 Å². The molecule has 1 aromatic rings. The molecule has 2 heterocycles. The summed E-state index contributed by atoms with van der Waals surface area (Å²) >= 11 is 5.88. The molecule has 2 aliphatic rings. The van der Waals surface area contributed by atoms with Crippen molar-refractivity contribution in [1.82, 2.24) is 5.32 Å². The molecule has 1 N–H and O–H groups in total. The van der Waals surface area contributed by atoms with E-state index in [-0.39, 0.29) is 17.9 Å². The highest BCUT2D eigenvalue weighted by Crippen LogP contribution is 2.44. The minimum absolute atomic E-state index is 0.0297. The zero-order valence-corrected chi connectivity index (χ0v) is 10.0. The molecule has 0 amide bonds. The molecule has 1 unspecified atom stereocenters. The highest BCUT2D eigenvalue weighted by Gasteiger charge is 2.30. The van der Waals surface area contributed by atoms with Crippen LogP contribution in [0.15, 0.2) is 6.07 Å². The maximum Gasteiger partial charge on any atom is 0.231 e. The number of halogens is 2. The Morgan fingerprint density at radius 1 is 1.35 bits per heavy atom. The van der Waals surface area contributed by atoms with Gasteiger partial charge in [-0.1, -0.05) is 18.0 Å². The highest BCUT2D eigenvalue weighted by atomic mass is 35.5. The van der Waals surface area contributed by atoms with Gasteiger partial charge in [-0.25, -0.2) is 4.39 Å². The molecule has 2 aliphatic heterocycles. The predicted octanol–water partition coefficient (Wildman–Crippen LogP) is 3.02. The Hall–Kier alpha value is -1.00. The summed E-state index contributed by atoms with van der Waals surface area (Å²) in [5.74, 6) is 0.653. The average Bonchev–Trinajstić information content (AvgIpc) is 2.79. The maximum atomic E-state index is 14.1. The number of rotatable bonds is 1. The summed E-state index contributed by atoms with van der Waals surface area (Å²) in [6, 6.07) is 1.45. The van der Waals surface area contributed by atoms with Crippen molar-refractivity contribution < 1.29 is 13.9 Å². The fourth-order valence-corrected chi connectivity index (χ4v) is 2.62. The van der Waals surface area contributed by atoms with Gasteiger partial charge in [0.15, 0.2) is 17.3 Å². The van der Waals surface area contributed by atoms with Crippen LogP contribution in [0.1, 0.15) is 30.9 Å². The van der Waals surface area contributed by atoms with Gasteiger partial charge in [0.25, 0.3) is 0 Å². The molecule has 1 fully saturated rings. The molecule has 92 valence electrons. The van der Waals surface area contributed by atoms with Crippen LogP contribution in [0.3, 0.4) is 0 Å². The normalized spacial score (nSPS) is 22.8. The van der Waals surface area contributed by atoms with E-state index < -0.39 is 5.82 Å². The summed E-state index contributed by atoms with van der Waals surface area (Å²) in [6.45, 7) is 1.03. The third-order valence-electron chi connectivity index (χ3n) is 3.25. The number of hydrogen-bond acceptors (Lipinski definition) is 3. The first kappa shape index (κ1) is 11.1. The SMILES string of the molecule is Fc1c(Cl)cc2c(c1C1CCCCN1)OCO2. The second-order valence-corrected chi connectivity index (χ2v) is 4.73. The monoisotopic (exact) mass is 257 g/mol. The molecule has 0 aromatic heterocycles. The minimum atomic E-state index is -0.393. The number of nitrogens with one attached hydrogen (secondary N) is 1. The third kappa shape index (κ3) is 1.85. The lowest BCUT2D eigenvalue weighted by Gasteiger charge is -2.25. The van der Waals surface area contributed by atoms with E-state index in [1.54, 1.807) is 0 Å². The van der Waals surface area contributed by atoms with E-state index in [1.165, 1.54) is 6.07 Å². The Morgan fingerprint density at radius 2 is 2.24 bits per heavy atom. The summed E-state index contributed by atoms with van der Waals surface area (Å²) in [6.07, 6.45) is 3.10. The van der Waals surface area contributed by atoms with Crippen LogP contribution in [0.5, 0.6) is 11.5 Å². The van der Waals surface area contributed by atoms with Crippen LogP contribution in [-0.4, -0.2) is 13.3 Å². The Labute approximate surface area is 104 Å². The zero-order valence-electron chi connectivity index (χ0n) is 9.26. The first-order valence-electron chi connectivity index (χ1n) is 5.78. The van der Waals surface area contributed by atoms with Crippen molar-refractivity contribution in [3.05, 3.63) is 22.5 Å². The van der Waals surface area contributed by atoms with Crippen molar-refractivity contribution in [2.45, 2.75) is 25.3 Å². The van der Waals surface area contributed by atoms with Crippen LogP contribution in [0.25, 0.3) is 0 Å². The van der Waals surface area contributed by atoms with E-state index in [0.29, 0.717) is 17.1 Å². The highest BCUT2D eigenvalue weighted by molar-refractivity contribution is 6.31. The number of fused-ring (bicyclic) bond motifs is 1. The van der Waals surface area contributed by atoms with Crippen molar-refractivity contribution >= 4 is 11.6 Å². The second kappa shape index (κ2) is 4.35. The van der Waals surface area contributed by atoms with E-state index in [1.807, 2.05) is 0 Å². The fraction of sp³-hybridized carbons (Fsp3) is 0.500. The number of hydrogen-bond donors (Lipinski definition) is 1. The molecule has 0 bridgehead atoms. The van der Waals surface area contributed by atoms with Gasteiger partial charge in [0.2, 0.25) is 6.79 Å². The molecular weight excluding hydrogens is 245 g/mol. The van der Waals surface area contributed by atoms with E-state index in [0.717, 1.165) is 25.8 Å². The number of benzene rings is 1. The largest absolute Gasteiger partial charge is 0.454 e. The van der Waals surface area contributed by atoms with Gasteiger partial charge in [0.1, 0.15) is 0 Å². The Balaban J connectivity index is 2.07. The van der Waals surface area contributed by atoms with Gasteiger partial charge in [0, 0.05) is 12.1 Å². The van der Waals surface area contributed by atoms with Crippen LogP contribution in [0.2, 0.25) is 5.02 Å². The zero-order chi connectivity index (χ0) is 11.8. The molecule has 0 saturated carbocycles. The smallest absolute Gasteiger partial charge is 0.231 e. The summed E-state index contributed by atoms with van der Waals surface area (Å²) < 4.78 is 24.8. The lowest BCUT2D eigenvalue weighted by molar-refractivity contribution is 0.172. The molecule has 1 aromatic carbocycles. The minimum Gasteiger partial charge on any atom is -0.454 e. The molecule has 0 spiro atoms. The van der Waals surface area contributed by atoms with Gasteiger partial charge in [-0.05, 0) is 19.4 Å². The fourth-order valence-electron chi connectivity index (χ4n) is 2.42. The predicted molar refractivity (Wildman–Crippen MR) is 62.1 cm³/mol. The molecule has 5 heteroatoms. The second-order valence-electron chi connectivity index (χ2n) is 4.32. The van der Waals surface area contributed by atoms with E-state index in [2.05, 4.69) is 5.32 Å². The molecule has 17 heavy (non-hydrogen) atoms. The molecule has 1 saturated heterocycles. The van der Waals surface area contributed by atoms with Crippen LogP contribution in [-0.2, 0) is 0 Å². The van der Waals surface area contributed by atoms with E-state index >= 15 is 0 Å². The molecule has 3 rings (SSSR count). The number of piperidine rings is 1. The Morgan fingerprint density at radius 3 is 3.00 bits per heavy atom. The summed E-state index contributed by atoms with van der Waals surface area (Å²) in [7, 11) is 0. The van der Waals surface area contributed by atoms with Crippen molar-refractivity contribution in [3.8, 4) is 11.5 Å². The molecule has 0 radical (unpaired) electrons. The van der Waals surface area contributed by atoms with E-state index in [4.69, 9.17) is 21.1 Å². The van der Waals surface area contributed by atoms with Gasteiger partial charge < -0.3 is 14.8 Å². The van der Waals surface area contributed by atoms with Gasteiger partial charge in [-0.2, -0.15) is 0 Å². The topological polar surface area (TPSA) is 30.5 Å². The van der Waals surface area contributed by atoms with Crippen molar-refractivity contribution in [3.63, 3.8) is 0 Å². The summed E-state index contributed by atoms with van der Waals surface area (Å²) in [5.41, 5.74) is 0.518. The van der Waals surface area contributed by atoms with Crippen LogP contribution < -0.4 is 14.8 Å². The van der Waals surface area contributed by atoms with E-state index in [9.17, 15) is 4.39 Å². The summed E-state index contributed by atoms with van der Waals surface area (Å²) in [4.78, 5) is 0. The quantitative estimate of drug-likeness (QED) is 0.839. The van der Waals surface area contributed by atoms with Crippen molar-refractivity contribution in [2.24, 2.45) is 0 Å². The summed E-state index contributed by atoms with van der Waals surface area (Å²) in [5, 5.41) is 3.39. The standard InChI is InChI=1S/C12H13ClFNO2/c13-7-5-9-12(17-6-16-9)10(11(7)14)8-3-1-2-4-15-8/h5,8,15H,1-4,6H2. The van der Waals surface area contributed by atoms with Gasteiger partial charge in [-0.15, -0.1) is 0 Å². The maximum absolute atomic E-state index is 14.1. The van der Waals surface area contributed by atoms with Gasteiger partial charge in [0.05, 0.1) is 10.6 Å². The number of ether oxygens (including phenoxy) is 2. The van der Waals surface area contributed by atoms with Crippen LogP contribution >= 0.6 is 11.6 Å². The third-order valence-corrected chi connectivity index (χ3v) is 3.52. The molecule has 0 aliphatic carbocycles. The van der Waals surface area contributed by atoms with Crippen molar-refractivity contribution in [2.75, 3.05) is 13.3 Å². The lowest BCUT2D eigenvalue weighted by Crippen LogP contribution is -2.27. The van der Waals surface area contributed by atoms with Crippen molar-refractivity contribution in [1.29, 1.82) is 0 Å². The Bertz CT molecular complexity index is 447. The Kier molecular flexibility index (Phi) is 2.84. The molecular formula is C12H13ClFNO2. The van der Waals surface area contributed by atoms with Gasteiger partial charge in [-0.3, -0.25) is 0 Å². The lowest BCUT2D eigenvalue weighted by atomic mass is 9.96.